The molecule has 2 aliphatic heterocycles. The van der Waals surface area contributed by atoms with E-state index < -0.39 is 5.41 Å². The zero-order valence-corrected chi connectivity index (χ0v) is 17.6. The molecule has 0 saturated carbocycles. The molecule has 11 heteroatoms. The molecule has 2 aromatic rings. The molecular formula is C18H19Cl2N5O3S. The normalized spacial score (nSPS) is 20.2. The van der Waals surface area contributed by atoms with Gasteiger partial charge in [0, 0.05) is 42.3 Å². The van der Waals surface area contributed by atoms with Gasteiger partial charge in [0.2, 0.25) is 0 Å². The van der Waals surface area contributed by atoms with Crippen molar-refractivity contribution < 1.29 is 14.7 Å². The maximum atomic E-state index is 13.0. The fourth-order valence-electron chi connectivity index (χ4n) is 3.96. The van der Waals surface area contributed by atoms with Crippen LogP contribution >= 0.6 is 34.5 Å². The lowest BCUT2D eigenvalue weighted by Gasteiger charge is -2.26. The Hall–Kier alpha value is -2.07. The van der Waals surface area contributed by atoms with E-state index in [9.17, 15) is 9.59 Å². The van der Waals surface area contributed by atoms with Gasteiger partial charge in [-0.05, 0) is 30.2 Å². The van der Waals surface area contributed by atoms with E-state index in [1.54, 1.807) is 15.9 Å². The summed E-state index contributed by atoms with van der Waals surface area (Å²) in [4.78, 5) is 32.7. The van der Waals surface area contributed by atoms with Gasteiger partial charge in [0.25, 0.3) is 0 Å². The lowest BCUT2D eigenvalue weighted by Crippen LogP contribution is -2.44. The van der Waals surface area contributed by atoms with E-state index in [4.69, 9.17) is 28.3 Å². The van der Waals surface area contributed by atoms with Crippen LogP contribution in [-0.2, 0) is 5.41 Å². The number of benzene rings is 1. The minimum atomic E-state index is -0.394. The third-order valence-corrected chi connectivity index (χ3v) is 6.51. The topological polar surface area (TPSA) is 97.8 Å². The Morgan fingerprint density at radius 3 is 2.83 bits per heavy atom. The molecule has 29 heavy (non-hydrogen) atoms. The molecule has 1 spiro atoms. The molecule has 3 N–H and O–H groups in total. The molecule has 1 saturated heterocycles. The number of fused-ring (bicyclic) bond motifs is 2. The summed E-state index contributed by atoms with van der Waals surface area (Å²) in [5.74, 6) is 0. The lowest BCUT2D eigenvalue weighted by atomic mass is 9.81. The lowest BCUT2D eigenvalue weighted by molar-refractivity contribution is 0.201. The highest BCUT2D eigenvalue weighted by atomic mass is 35.5. The minimum Gasteiger partial charge on any atom is -0.395 e. The van der Waals surface area contributed by atoms with Crippen LogP contribution in [0.4, 0.5) is 20.4 Å². The van der Waals surface area contributed by atoms with E-state index in [-0.39, 0.29) is 25.2 Å². The van der Waals surface area contributed by atoms with Crippen molar-refractivity contribution >= 4 is 57.4 Å². The van der Waals surface area contributed by atoms with E-state index in [0.29, 0.717) is 40.5 Å². The summed E-state index contributed by atoms with van der Waals surface area (Å²) in [5, 5.41) is 15.4. The van der Waals surface area contributed by atoms with Crippen molar-refractivity contribution in [3.63, 3.8) is 0 Å². The average Bonchev–Trinajstić information content (AvgIpc) is 3.39. The van der Waals surface area contributed by atoms with Crippen LogP contribution in [-0.4, -0.2) is 59.8 Å². The summed E-state index contributed by atoms with van der Waals surface area (Å²) >= 11 is 13.3. The van der Waals surface area contributed by atoms with Crippen LogP contribution in [0.2, 0.25) is 9.36 Å². The predicted molar refractivity (Wildman–Crippen MR) is 113 cm³/mol. The molecule has 0 bridgehead atoms. The van der Waals surface area contributed by atoms with Gasteiger partial charge in [-0.2, -0.15) is 0 Å². The number of anilines is 2. The fourth-order valence-corrected chi connectivity index (χ4v) is 4.94. The molecule has 1 aromatic heterocycles. The van der Waals surface area contributed by atoms with Crippen LogP contribution in [0.5, 0.6) is 0 Å². The number of rotatable bonds is 3. The molecular weight excluding hydrogens is 437 g/mol. The average molecular weight is 456 g/mol. The zero-order valence-electron chi connectivity index (χ0n) is 15.3. The summed E-state index contributed by atoms with van der Waals surface area (Å²) < 4.78 is 0.491. The van der Waals surface area contributed by atoms with Gasteiger partial charge >= 0.3 is 12.1 Å². The Labute approximate surface area is 181 Å². The number of hydrogen-bond donors (Lipinski definition) is 3. The smallest absolute Gasteiger partial charge is 0.328 e. The van der Waals surface area contributed by atoms with Gasteiger partial charge in [-0.1, -0.05) is 34.5 Å². The maximum Gasteiger partial charge on any atom is 0.328 e. The number of carbonyl (C=O) groups is 2. The minimum absolute atomic E-state index is 0.113. The largest absolute Gasteiger partial charge is 0.395 e. The van der Waals surface area contributed by atoms with Crippen molar-refractivity contribution in [2.24, 2.45) is 0 Å². The molecule has 1 atom stereocenters. The maximum absolute atomic E-state index is 13.0. The first-order valence-electron chi connectivity index (χ1n) is 9.05. The zero-order chi connectivity index (χ0) is 20.6. The second-order valence-electron chi connectivity index (χ2n) is 7.05. The number of carbonyl (C=O) groups excluding carboxylic acids is 2. The number of urea groups is 2. The summed E-state index contributed by atoms with van der Waals surface area (Å²) in [6.07, 6.45) is 2.20. The Morgan fingerprint density at radius 2 is 2.10 bits per heavy atom. The van der Waals surface area contributed by atoms with Gasteiger partial charge in [-0.25, -0.2) is 14.6 Å². The fraction of sp³-hybridized carbons (Fsp3) is 0.389. The molecule has 0 radical (unpaired) electrons. The van der Waals surface area contributed by atoms with Crippen molar-refractivity contribution in [1.29, 1.82) is 0 Å². The SMILES string of the molecule is O=C(NCCO)N1CCC2(C1)CN(C(=O)Nc1ncc(Cl)s1)c1ccc(Cl)cc12. The van der Waals surface area contributed by atoms with Crippen LogP contribution in [0.3, 0.4) is 0 Å². The van der Waals surface area contributed by atoms with Crippen LogP contribution < -0.4 is 15.5 Å². The summed E-state index contributed by atoms with van der Waals surface area (Å²) in [5.41, 5.74) is 1.33. The highest BCUT2D eigenvalue weighted by molar-refractivity contribution is 7.19. The monoisotopic (exact) mass is 455 g/mol. The van der Waals surface area contributed by atoms with Crippen LogP contribution in [0, 0.1) is 0 Å². The quantitative estimate of drug-likeness (QED) is 0.661. The predicted octanol–water partition coefficient (Wildman–Crippen LogP) is 3.15. The third kappa shape index (κ3) is 3.87. The molecule has 1 aromatic carbocycles. The van der Waals surface area contributed by atoms with Crippen LogP contribution in [0.1, 0.15) is 12.0 Å². The Kier molecular flexibility index (Phi) is 5.56. The standard InChI is InChI=1S/C18H19Cl2N5O3S/c19-11-1-2-13-12(7-11)18(3-5-24(9-18)16(27)21-4-6-26)10-25(13)17(28)23-15-22-8-14(20)29-15/h1-2,7-8,26H,3-6,9-10H2,(H,21,27)(H,22,23,28). The number of aromatic nitrogens is 1. The van der Waals surface area contributed by atoms with Crippen molar-refractivity contribution in [2.75, 3.05) is 43.0 Å². The number of nitrogens with one attached hydrogen (secondary N) is 2. The molecule has 4 rings (SSSR count). The summed E-state index contributed by atoms with van der Waals surface area (Å²) in [7, 11) is 0. The molecule has 1 unspecified atom stereocenters. The van der Waals surface area contributed by atoms with Gasteiger partial charge < -0.3 is 15.3 Å². The van der Waals surface area contributed by atoms with Crippen LogP contribution in [0.15, 0.2) is 24.4 Å². The van der Waals surface area contributed by atoms with Crippen molar-refractivity contribution in [3.8, 4) is 0 Å². The van der Waals surface area contributed by atoms with Gasteiger partial charge in [0.1, 0.15) is 4.34 Å². The summed E-state index contributed by atoms with van der Waals surface area (Å²) in [6, 6.07) is 4.93. The van der Waals surface area contributed by atoms with Crippen molar-refractivity contribution in [2.45, 2.75) is 11.8 Å². The molecule has 154 valence electrons. The first-order chi connectivity index (χ1) is 13.9. The van der Waals surface area contributed by atoms with Gasteiger partial charge in [-0.3, -0.25) is 10.2 Å². The Bertz CT molecular complexity index is 955. The number of likely N-dealkylation sites (tertiary alicyclic amines) is 1. The summed E-state index contributed by atoms with van der Waals surface area (Å²) in [6.45, 7) is 1.54. The second-order valence-corrected chi connectivity index (χ2v) is 9.15. The van der Waals surface area contributed by atoms with Gasteiger partial charge in [0.05, 0.1) is 12.8 Å². The first kappa shape index (κ1) is 20.2. The van der Waals surface area contributed by atoms with E-state index in [0.717, 1.165) is 11.3 Å². The number of halogens is 2. The Balaban J connectivity index is 1.58. The van der Waals surface area contributed by atoms with E-state index >= 15 is 0 Å². The van der Waals surface area contributed by atoms with Gasteiger partial charge in [0.15, 0.2) is 5.13 Å². The number of aliphatic hydroxyl groups is 1. The highest BCUT2D eigenvalue weighted by Crippen LogP contribution is 2.47. The third-order valence-electron chi connectivity index (χ3n) is 5.25. The van der Waals surface area contributed by atoms with Crippen molar-refractivity contribution in [1.82, 2.24) is 15.2 Å². The number of hydrogen-bond acceptors (Lipinski definition) is 5. The molecule has 3 heterocycles. The molecule has 8 nitrogen and oxygen atoms in total. The number of nitrogens with zero attached hydrogens (tertiary/aromatic N) is 3. The molecule has 1 fully saturated rings. The highest BCUT2D eigenvalue weighted by Gasteiger charge is 2.50. The first-order valence-corrected chi connectivity index (χ1v) is 10.6. The van der Waals surface area contributed by atoms with E-state index in [1.807, 2.05) is 12.1 Å². The molecule has 4 amide bonds. The Morgan fingerprint density at radius 1 is 1.28 bits per heavy atom. The van der Waals surface area contributed by atoms with E-state index in [1.165, 1.54) is 17.5 Å². The second kappa shape index (κ2) is 7.98. The number of thiazole rings is 1. The number of amides is 4. The number of aliphatic hydroxyl groups excluding tert-OH is 1. The molecule has 2 aliphatic rings. The van der Waals surface area contributed by atoms with Crippen LogP contribution in [0.25, 0.3) is 0 Å². The van der Waals surface area contributed by atoms with Gasteiger partial charge in [-0.15, -0.1) is 0 Å². The van der Waals surface area contributed by atoms with Crippen molar-refractivity contribution in [3.05, 3.63) is 39.3 Å². The molecule has 0 aliphatic carbocycles. The van der Waals surface area contributed by atoms with E-state index in [2.05, 4.69) is 15.6 Å².